The van der Waals surface area contributed by atoms with Crippen LogP contribution in [0.1, 0.15) is 10.4 Å². The van der Waals surface area contributed by atoms with Crippen molar-refractivity contribution in [2.45, 2.75) is 0 Å². The van der Waals surface area contributed by atoms with Crippen molar-refractivity contribution in [1.82, 2.24) is 5.32 Å². The lowest BCUT2D eigenvalue weighted by Gasteiger charge is -2.07. The number of benzene rings is 2. The van der Waals surface area contributed by atoms with Gasteiger partial charge in [0, 0.05) is 15.7 Å². The molecule has 0 heterocycles. The van der Waals surface area contributed by atoms with E-state index in [0.717, 1.165) is 0 Å². The first-order chi connectivity index (χ1) is 10.1. The number of carbonyl (C=O) groups is 2. The first kappa shape index (κ1) is 15.5. The Kier molecular flexibility index (Phi) is 5.36. The Morgan fingerprint density at radius 1 is 1.10 bits per heavy atom. The number of amides is 2. The molecule has 0 saturated carbocycles. The minimum atomic E-state index is -0.337. The van der Waals surface area contributed by atoms with Crippen molar-refractivity contribution in [2.24, 2.45) is 0 Å². The van der Waals surface area contributed by atoms with Crippen LogP contribution in [0.3, 0.4) is 0 Å². The van der Waals surface area contributed by atoms with E-state index in [1.807, 2.05) is 18.2 Å². The lowest BCUT2D eigenvalue weighted by molar-refractivity contribution is -0.115. The molecule has 0 fully saturated rings. The maximum absolute atomic E-state index is 11.9. The smallest absolute Gasteiger partial charge is 0.251 e. The third-order valence-electron chi connectivity index (χ3n) is 2.65. The molecular formula is C15H12BrClN2O2. The summed E-state index contributed by atoms with van der Waals surface area (Å²) >= 11 is 9.11. The average molecular weight is 368 g/mol. The summed E-state index contributed by atoms with van der Waals surface area (Å²) in [5.74, 6) is -0.627. The van der Waals surface area contributed by atoms with Crippen molar-refractivity contribution in [3.63, 3.8) is 0 Å². The van der Waals surface area contributed by atoms with Gasteiger partial charge < -0.3 is 10.6 Å². The number of anilines is 1. The van der Waals surface area contributed by atoms with Gasteiger partial charge in [0.1, 0.15) is 0 Å². The SMILES string of the molecule is O=C(CNC(=O)c1ccc(Cl)c(Br)c1)Nc1ccccc1. The Morgan fingerprint density at radius 3 is 2.48 bits per heavy atom. The Bertz CT molecular complexity index is 662. The van der Waals surface area contributed by atoms with Crippen LogP contribution in [-0.2, 0) is 4.79 Å². The summed E-state index contributed by atoms with van der Waals surface area (Å²) in [5.41, 5.74) is 1.12. The minimum absolute atomic E-state index is 0.103. The molecule has 0 aliphatic heterocycles. The molecule has 21 heavy (non-hydrogen) atoms. The topological polar surface area (TPSA) is 58.2 Å². The summed E-state index contributed by atoms with van der Waals surface area (Å²) in [6.45, 7) is -0.103. The van der Waals surface area contributed by atoms with Crippen LogP contribution in [0.15, 0.2) is 53.0 Å². The van der Waals surface area contributed by atoms with E-state index < -0.39 is 0 Å². The van der Waals surface area contributed by atoms with Gasteiger partial charge in [-0.1, -0.05) is 29.8 Å². The van der Waals surface area contributed by atoms with Crippen LogP contribution in [0.4, 0.5) is 5.69 Å². The van der Waals surface area contributed by atoms with Crippen molar-refractivity contribution in [3.8, 4) is 0 Å². The van der Waals surface area contributed by atoms with Crippen LogP contribution in [0.5, 0.6) is 0 Å². The second-order valence-corrected chi connectivity index (χ2v) is 5.49. The molecule has 0 unspecified atom stereocenters. The molecule has 0 aliphatic carbocycles. The van der Waals surface area contributed by atoms with Gasteiger partial charge in [-0.3, -0.25) is 9.59 Å². The van der Waals surface area contributed by atoms with E-state index in [4.69, 9.17) is 11.6 Å². The van der Waals surface area contributed by atoms with Gasteiger partial charge in [-0.2, -0.15) is 0 Å². The molecule has 0 saturated heterocycles. The fourth-order valence-electron chi connectivity index (χ4n) is 1.63. The molecule has 2 amide bonds. The Labute approximate surface area is 135 Å². The van der Waals surface area contributed by atoms with Gasteiger partial charge in [-0.25, -0.2) is 0 Å². The predicted octanol–water partition coefficient (Wildman–Crippen LogP) is 3.47. The second-order valence-electron chi connectivity index (χ2n) is 4.23. The first-order valence-corrected chi connectivity index (χ1v) is 7.31. The number of para-hydroxylation sites is 1. The summed E-state index contributed by atoms with van der Waals surface area (Å²) in [6.07, 6.45) is 0. The maximum atomic E-state index is 11.9. The maximum Gasteiger partial charge on any atom is 0.251 e. The Morgan fingerprint density at radius 2 is 1.81 bits per heavy atom. The number of nitrogens with one attached hydrogen (secondary N) is 2. The monoisotopic (exact) mass is 366 g/mol. The summed E-state index contributed by atoms with van der Waals surface area (Å²) in [7, 11) is 0. The van der Waals surface area contributed by atoms with E-state index >= 15 is 0 Å². The summed E-state index contributed by atoms with van der Waals surface area (Å²) in [4.78, 5) is 23.6. The second kappa shape index (κ2) is 7.24. The van der Waals surface area contributed by atoms with Gasteiger partial charge in [0.15, 0.2) is 0 Å². The summed E-state index contributed by atoms with van der Waals surface area (Å²) < 4.78 is 0.630. The highest BCUT2D eigenvalue weighted by molar-refractivity contribution is 9.10. The van der Waals surface area contributed by atoms with Crippen molar-refractivity contribution < 1.29 is 9.59 Å². The highest BCUT2D eigenvalue weighted by atomic mass is 79.9. The molecule has 0 spiro atoms. The molecule has 0 aliphatic rings. The van der Waals surface area contributed by atoms with Crippen LogP contribution < -0.4 is 10.6 Å². The quantitative estimate of drug-likeness (QED) is 0.869. The summed E-state index contributed by atoms with van der Waals surface area (Å²) in [6, 6.07) is 13.9. The first-order valence-electron chi connectivity index (χ1n) is 6.14. The molecule has 2 aromatic carbocycles. The third-order valence-corrected chi connectivity index (χ3v) is 3.86. The highest BCUT2D eigenvalue weighted by Gasteiger charge is 2.09. The molecule has 2 rings (SSSR count). The summed E-state index contributed by atoms with van der Waals surface area (Å²) in [5, 5.41) is 5.76. The predicted molar refractivity (Wildman–Crippen MR) is 86.6 cm³/mol. The van der Waals surface area contributed by atoms with Gasteiger partial charge in [0.05, 0.1) is 11.6 Å². The van der Waals surface area contributed by atoms with E-state index in [0.29, 0.717) is 20.7 Å². The van der Waals surface area contributed by atoms with Crippen molar-refractivity contribution in [2.75, 3.05) is 11.9 Å². The molecule has 2 N–H and O–H groups in total. The lowest BCUT2D eigenvalue weighted by Crippen LogP contribution is -2.32. The van der Waals surface area contributed by atoms with Gasteiger partial charge in [0.25, 0.3) is 5.91 Å². The van der Waals surface area contributed by atoms with Crippen LogP contribution in [0.2, 0.25) is 5.02 Å². The van der Waals surface area contributed by atoms with Gasteiger partial charge >= 0.3 is 0 Å². The zero-order chi connectivity index (χ0) is 15.2. The van der Waals surface area contributed by atoms with Crippen LogP contribution in [0.25, 0.3) is 0 Å². The van der Waals surface area contributed by atoms with Crippen LogP contribution in [0, 0.1) is 0 Å². The molecule has 0 atom stereocenters. The molecule has 6 heteroatoms. The number of hydrogen-bond donors (Lipinski definition) is 2. The normalized spacial score (nSPS) is 10.0. The van der Waals surface area contributed by atoms with Crippen LogP contribution >= 0.6 is 27.5 Å². The number of rotatable bonds is 4. The Balaban J connectivity index is 1.89. The standard InChI is InChI=1S/C15H12BrClN2O2/c16-12-8-10(6-7-13(12)17)15(21)18-9-14(20)19-11-4-2-1-3-5-11/h1-8H,9H2,(H,18,21)(H,19,20). The highest BCUT2D eigenvalue weighted by Crippen LogP contribution is 2.23. The largest absolute Gasteiger partial charge is 0.343 e. The zero-order valence-electron chi connectivity index (χ0n) is 10.9. The fourth-order valence-corrected chi connectivity index (χ4v) is 2.12. The zero-order valence-corrected chi connectivity index (χ0v) is 13.2. The van der Waals surface area contributed by atoms with E-state index in [-0.39, 0.29) is 18.4 Å². The van der Waals surface area contributed by atoms with Crippen molar-refractivity contribution in [3.05, 3.63) is 63.6 Å². The molecule has 108 valence electrons. The van der Waals surface area contributed by atoms with E-state index in [1.165, 1.54) is 0 Å². The molecule has 0 aromatic heterocycles. The molecule has 2 aromatic rings. The van der Waals surface area contributed by atoms with Gasteiger partial charge in [0.2, 0.25) is 5.91 Å². The number of halogens is 2. The minimum Gasteiger partial charge on any atom is -0.343 e. The van der Waals surface area contributed by atoms with E-state index in [9.17, 15) is 9.59 Å². The molecule has 4 nitrogen and oxygen atoms in total. The molecule has 0 radical (unpaired) electrons. The molecule has 0 bridgehead atoms. The number of carbonyl (C=O) groups excluding carboxylic acids is 2. The van der Waals surface area contributed by atoms with E-state index in [1.54, 1.807) is 30.3 Å². The van der Waals surface area contributed by atoms with Crippen LogP contribution in [-0.4, -0.2) is 18.4 Å². The molecular weight excluding hydrogens is 356 g/mol. The van der Waals surface area contributed by atoms with Gasteiger partial charge in [-0.15, -0.1) is 0 Å². The number of hydrogen-bond acceptors (Lipinski definition) is 2. The van der Waals surface area contributed by atoms with Crippen molar-refractivity contribution in [1.29, 1.82) is 0 Å². The third kappa shape index (κ3) is 4.58. The van der Waals surface area contributed by atoms with Crippen molar-refractivity contribution >= 4 is 45.0 Å². The lowest BCUT2D eigenvalue weighted by atomic mass is 10.2. The fraction of sp³-hybridized carbons (Fsp3) is 0.0667. The Hall–Kier alpha value is -1.85. The van der Waals surface area contributed by atoms with E-state index in [2.05, 4.69) is 26.6 Å². The average Bonchev–Trinajstić information content (AvgIpc) is 2.48. The van der Waals surface area contributed by atoms with Gasteiger partial charge in [-0.05, 0) is 46.3 Å².